The number of anilines is 1. The molecule has 0 aliphatic rings. The van der Waals surface area contributed by atoms with E-state index in [0.717, 1.165) is 11.4 Å². The van der Waals surface area contributed by atoms with Gasteiger partial charge >= 0.3 is 0 Å². The largest absolute Gasteiger partial charge is 0.350 e. The first kappa shape index (κ1) is 13.5. The Morgan fingerprint density at radius 2 is 2.21 bits per heavy atom. The highest BCUT2D eigenvalue weighted by Gasteiger charge is 2.13. The second kappa shape index (κ2) is 5.84. The number of H-pyrrole nitrogens is 1. The normalized spacial score (nSPS) is 10.5. The zero-order valence-corrected chi connectivity index (χ0v) is 11.6. The summed E-state index contributed by atoms with van der Waals surface area (Å²) in [6, 6.07) is 5.84. The molecule has 0 radical (unpaired) electrons. The number of aromatic nitrogens is 3. The zero-order valence-electron chi connectivity index (χ0n) is 10.9. The lowest BCUT2D eigenvalue weighted by atomic mass is 10.3. The molecule has 0 fully saturated rings. The van der Waals surface area contributed by atoms with E-state index in [0.29, 0.717) is 18.9 Å². The molecule has 0 spiro atoms. The molecular weight excluding hydrogens is 264 g/mol. The summed E-state index contributed by atoms with van der Waals surface area (Å²) in [5.41, 5.74) is 1.54. The Kier molecular flexibility index (Phi) is 4.16. The third-order valence-corrected chi connectivity index (χ3v) is 3.10. The number of pyridine rings is 1. The maximum absolute atomic E-state index is 11.5. The smallest absolute Gasteiger partial charge is 0.271 e. The van der Waals surface area contributed by atoms with Gasteiger partial charge < -0.3 is 9.88 Å². The summed E-state index contributed by atoms with van der Waals surface area (Å²) in [5.74, 6) is 0.483. The van der Waals surface area contributed by atoms with Crippen molar-refractivity contribution in [2.75, 3.05) is 11.4 Å². The number of aromatic amines is 1. The fourth-order valence-electron chi connectivity index (χ4n) is 1.81. The first-order chi connectivity index (χ1) is 9.11. The molecule has 19 heavy (non-hydrogen) atoms. The van der Waals surface area contributed by atoms with E-state index >= 15 is 0 Å². The molecular formula is C13H15ClN4O. The monoisotopic (exact) mass is 278 g/mol. The fourth-order valence-corrected chi connectivity index (χ4v) is 2.04. The highest BCUT2D eigenvalue weighted by Crippen LogP contribution is 2.19. The van der Waals surface area contributed by atoms with E-state index in [1.165, 1.54) is 6.33 Å². The third kappa shape index (κ3) is 3.12. The van der Waals surface area contributed by atoms with Gasteiger partial charge in [-0.25, -0.2) is 4.98 Å². The van der Waals surface area contributed by atoms with E-state index < -0.39 is 0 Å². The molecule has 0 aliphatic carbocycles. The van der Waals surface area contributed by atoms with Crippen LogP contribution in [-0.2, 0) is 6.54 Å². The number of nitrogens with one attached hydrogen (secondary N) is 1. The van der Waals surface area contributed by atoms with Crippen molar-refractivity contribution in [3.8, 4) is 0 Å². The summed E-state index contributed by atoms with van der Waals surface area (Å²) < 4.78 is 0. The molecule has 100 valence electrons. The topological polar surface area (TPSA) is 61.9 Å². The number of hydrogen-bond donors (Lipinski definition) is 1. The van der Waals surface area contributed by atoms with Gasteiger partial charge in [-0.15, -0.1) is 0 Å². The Morgan fingerprint density at radius 3 is 2.89 bits per heavy atom. The van der Waals surface area contributed by atoms with Gasteiger partial charge in [-0.2, -0.15) is 0 Å². The third-order valence-electron chi connectivity index (χ3n) is 2.76. The van der Waals surface area contributed by atoms with Crippen LogP contribution in [0.5, 0.6) is 0 Å². The summed E-state index contributed by atoms with van der Waals surface area (Å²) >= 11 is 6.00. The van der Waals surface area contributed by atoms with Crippen LogP contribution in [0.15, 0.2) is 29.3 Å². The van der Waals surface area contributed by atoms with Crippen LogP contribution in [0, 0.1) is 6.92 Å². The molecule has 0 bridgehead atoms. The molecule has 2 aromatic heterocycles. The minimum atomic E-state index is -0.331. The van der Waals surface area contributed by atoms with E-state index in [2.05, 4.69) is 15.0 Å². The molecule has 1 N–H and O–H groups in total. The van der Waals surface area contributed by atoms with Gasteiger partial charge in [0.2, 0.25) is 0 Å². The summed E-state index contributed by atoms with van der Waals surface area (Å²) in [7, 11) is 0. The van der Waals surface area contributed by atoms with Gasteiger partial charge in [0.15, 0.2) is 5.82 Å². The molecule has 0 aliphatic heterocycles. The molecule has 0 amide bonds. The molecule has 2 aromatic rings. The van der Waals surface area contributed by atoms with E-state index in [4.69, 9.17) is 11.6 Å². The summed E-state index contributed by atoms with van der Waals surface area (Å²) in [6.07, 6.45) is 1.36. The molecule has 2 heterocycles. The maximum Gasteiger partial charge on any atom is 0.271 e. The highest BCUT2D eigenvalue weighted by atomic mass is 35.5. The van der Waals surface area contributed by atoms with E-state index in [1.807, 2.05) is 36.9 Å². The van der Waals surface area contributed by atoms with Gasteiger partial charge in [0.05, 0.1) is 18.6 Å². The number of halogens is 1. The van der Waals surface area contributed by atoms with Crippen LogP contribution >= 0.6 is 11.6 Å². The lowest BCUT2D eigenvalue weighted by molar-refractivity contribution is 0.786. The van der Waals surface area contributed by atoms with Crippen molar-refractivity contribution in [3.05, 3.63) is 51.3 Å². The summed E-state index contributed by atoms with van der Waals surface area (Å²) in [6.45, 7) is 5.17. The standard InChI is InChI=1S/C13H15ClN4O/c1-3-18(7-10-6-4-5-9(2)17-10)12-11(14)13(19)16-8-15-12/h4-6,8H,3,7H2,1-2H3,(H,15,16,19). The average Bonchev–Trinajstić information content (AvgIpc) is 2.40. The summed E-state index contributed by atoms with van der Waals surface area (Å²) in [5, 5.41) is 0.108. The molecule has 5 nitrogen and oxygen atoms in total. The Hall–Kier alpha value is -1.88. The van der Waals surface area contributed by atoms with Crippen molar-refractivity contribution in [2.45, 2.75) is 20.4 Å². The molecule has 2 rings (SSSR count). The molecule has 0 unspecified atom stereocenters. The molecule has 0 atom stereocenters. The van der Waals surface area contributed by atoms with Crippen LogP contribution in [0.2, 0.25) is 5.02 Å². The predicted octanol–water partition coefficient (Wildman–Crippen LogP) is 2.15. The van der Waals surface area contributed by atoms with Crippen molar-refractivity contribution in [3.63, 3.8) is 0 Å². The second-order valence-corrected chi connectivity index (χ2v) is 4.53. The Labute approximate surface area is 116 Å². The SMILES string of the molecule is CCN(Cc1cccc(C)n1)c1nc[nH]c(=O)c1Cl. The zero-order chi connectivity index (χ0) is 13.8. The van der Waals surface area contributed by atoms with Crippen molar-refractivity contribution < 1.29 is 0 Å². The Bertz CT molecular complexity index is 626. The number of nitrogens with zero attached hydrogens (tertiary/aromatic N) is 3. The van der Waals surface area contributed by atoms with Crippen LogP contribution in [0.4, 0.5) is 5.82 Å². The molecule has 6 heteroatoms. The van der Waals surface area contributed by atoms with Gasteiger partial charge in [-0.1, -0.05) is 17.7 Å². The van der Waals surface area contributed by atoms with Crippen molar-refractivity contribution in [1.29, 1.82) is 0 Å². The van der Waals surface area contributed by atoms with Gasteiger partial charge in [-0.3, -0.25) is 9.78 Å². The van der Waals surface area contributed by atoms with Crippen molar-refractivity contribution in [1.82, 2.24) is 15.0 Å². The van der Waals surface area contributed by atoms with E-state index in [9.17, 15) is 4.79 Å². The minimum Gasteiger partial charge on any atom is -0.350 e. The molecule has 0 saturated heterocycles. The van der Waals surface area contributed by atoms with Crippen LogP contribution in [-0.4, -0.2) is 21.5 Å². The molecule has 0 aromatic carbocycles. The van der Waals surface area contributed by atoms with Crippen molar-refractivity contribution >= 4 is 17.4 Å². The lowest BCUT2D eigenvalue weighted by Gasteiger charge is -2.22. The van der Waals surface area contributed by atoms with Crippen LogP contribution in [0.3, 0.4) is 0 Å². The summed E-state index contributed by atoms with van der Waals surface area (Å²) in [4.78, 5) is 24.4. The predicted molar refractivity (Wildman–Crippen MR) is 75.6 cm³/mol. The van der Waals surface area contributed by atoms with Gasteiger partial charge in [-0.05, 0) is 26.0 Å². The number of aryl methyl sites for hydroxylation is 1. The highest BCUT2D eigenvalue weighted by molar-refractivity contribution is 6.32. The average molecular weight is 279 g/mol. The van der Waals surface area contributed by atoms with E-state index in [1.54, 1.807) is 0 Å². The van der Waals surface area contributed by atoms with Crippen LogP contribution in [0.25, 0.3) is 0 Å². The number of hydrogen-bond acceptors (Lipinski definition) is 4. The first-order valence-electron chi connectivity index (χ1n) is 6.02. The van der Waals surface area contributed by atoms with Gasteiger partial charge in [0, 0.05) is 12.2 Å². The van der Waals surface area contributed by atoms with Gasteiger partial charge in [0.1, 0.15) is 5.02 Å². The first-order valence-corrected chi connectivity index (χ1v) is 6.40. The minimum absolute atomic E-state index is 0.108. The van der Waals surface area contributed by atoms with Crippen molar-refractivity contribution in [2.24, 2.45) is 0 Å². The Morgan fingerprint density at radius 1 is 1.42 bits per heavy atom. The maximum atomic E-state index is 11.5. The lowest BCUT2D eigenvalue weighted by Crippen LogP contribution is -2.26. The van der Waals surface area contributed by atoms with Crippen LogP contribution in [0.1, 0.15) is 18.3 Å². The Balaban J connectivity index is 2.30. The fraction of sp³-hybridized carbons (Fsp3) is 0.308. The van der Waals surface area contributed by atoms with Crippen LogP contribution < -0.4 is 10.5 Å². The van der Waals surface area contributed by atoms with Gasteiger partial charge in [0.25, 0.3) is 5.56 Å². The van der Waals surface area contributed by atoms with E-state index in [-0.39, 0.29) is 10.6 Å². The second-order valence-electron chi connectivity index (χ2n) is 4.15. The quantitative estimate of drug-likeness (QED) is 0.931. The number of rotatable bonds is 4. The molecule has 0 saturated carbocycles.